The molecule has 0 unspecified atom stereocenters. The zero-order valence-corrected chi connectivity index (χ0v) is 7.36. The minimum atomic E-state index is -0.410. The fraction of sp³-hybridized carbons (Fsp3) is 0.333. The Bertz CT molecular complexity index is 299. The van der Waals surface area contributed by atoms with Gasteiger partial charge in [0.15, 0.2) is 0 Å². The highest BCUT2D eigenvalue weighted by atomic mass is 16.5. The molecular weight excluding hydrogens is 170 g/mol. The highest BCUT2D eigenvalue weighted by Crippen LogP contribution is 2.04. The van der Waals surface area contributed by atoms with Gasteiger partial charge in [0.25, 0.3) is 0 Å². The maximum absolute atomic E-state index is 11.0. The third-order valence-electron chi connectivity index (χ3n) is 1.62. The number of aliphatic hydroxyl groups excluding tert-OH is 1. The van der Waals surface area contributed by atoms with E-state index in [1.54, 1.807) is 12.3 Å². The van der Waals surface area contributed by atoms with Crippen LogP contribution in [0, 0.1) is 0 Å². The summed E-state index contributed by atoms with van der Waals surface area (Å²) in [5, 5.41) is 8.66. The second kappa shape index (κ2) is 4.57. The summed E-state index contributed by atoms with van der Waals surface area (Å²) in [7, 11) is 1.32. The van der Waals surface area contributed by atoms with Crippen LogP contribution in [0.5, 0.6) is 0 Å². The van der Waals surface area contributed by atoms with Crippen LogP contribution in [0.25, 0.3) is 0 Å². The molecule has 0 aliphatic heterocycles. The van der Waals surface area contributed by atoms with Crippen LogP contribution in [0.1, 0.15) is 15.9 Å². The Labute approximate surface area is 76.2 Å². The van der Waals surface area contributed by atoms with Crippen molar-refractivity contribution in [2.75, 3.05) is 13.7 Å². The molecule has 0 aliphatic carbocycles. The molecule has 1 aromatic heterocycles. The van der Waals surface area contributed by atoms with Crippen molar-refractivity contribution in [3.05, 3.63) is 29.6 Å². The molecule has 4 heteroatoms. The lowest BCUT2D eigenvalue weighted by atomic mass is 10.1. The van der Waals surface area contributed by atoms with E-state index in [-0.39, 0.29) is 6.61 Å². The standard InChI is InChI=1S/C9H11NO3/c1-13-9(12)8-4-7(2-3-11)5-10-6-8/h4-6,11H,2-3H2,1H3. The first-order chi connectivity index (χ1) is 6.27. The van der Waals surface area contributed by atoms with E-state index in [1.807, 2.05) is 0 Å². The van der Waals surface area contributed by atoms with E-state index in [0.717, 1.165) is 5.56 Å². The number of esters is 1. The van der Waals surface area contributed by atoms with Gasteiger partial charge in [0.05, 0.1) is 12.7 Å². The second-order valence-electron chi connectivity index (χ2n) is 2.55. The number of pyridine rings is 1. The van der Waals surface area contributed by atoms with Gasteiger partial charge in [-0.3, -0.25) is 4.98 Å². The Hall–Kier alpha value is -1.42. The molecule has 70 valence electrons. The van der Waals surface area contributed by atoms with Crippen molar-refractivity contribution in [1.29, 1.82) is 0 Å². The van der Waals surface area contributed by atoms with Gasteiger partial charge in [-0.15, -0.1) is 0 Å². The first-order valence-corrected chi connectivity index (χ1v) is 3.91. The molecular formula is C9H11NO3. The summed E-state index contributed by atoms with van der Waals surface area (Å²) in [6, 6.07) is 1.66. The second-order valence-corrected chi connectivity index (χ2v) is 2.55. The average molecular weight is 181 g/mol. The molecule has 0 aromatic carbocycles. The highest BCUT2D eigenvalue weighted by molar-refractivity contribution is 5.89. The summed E-state index contributed by atoms with van der Waals surface area (Å²) >= 11 is 0. The third kappa shape index (κ3) is 2.52. The molecule has 0 saturated carbocycles. The largest absolute Gasteiger partial charge is 0.465 e. The average Bonchev–Trinajstić information content (AvgIpc) is 2.18. The normalized spacial score (nSPS) is 9.69. The quantitative estimate of drug-likeness (QED) is 0.686. The van der Waals surface area contributed by atoms with Crippen LogP contribution in [-0.4, -0.2) is 29.8 Å². The van der Waals surface area contributed by atoms with Crippen LogP contribution < -0.4 is 0 Å². The van der Waals surface area contributed by atoms with Crippen LogP contribution in [0.4, 0.5) is 0 Å². The van der Waals surface area contributed by atoms with Gasteiger partial charge in [-0.2, -0.15) is 0 Å². The van der Waals surface area contributed by atoms with Gasteiger partial charge in [0.1, 0.15) is 0 Å². The van der Waals surface area contributed by atoms with Crippen molar-refractivity contribution in [1.82, 2.24) is 4.98 Å². The van der Waals surface area contributed by atoms with Crippen LogP contribution in [0.3, 0.4) is 0 Å². The van der Waals surface area contributed by atoms with E-state index >= 15 is 0 Å². The van der Waals surface area contributed by atoms with Crippen molar-refractivity contribution >= 4 is 5.97 Å². The molecule has 13 heavy (non-hydrogen) atoms. The van der Waals surface area contributed by atoms with Gasteiger partial charge in [0.2, 0.25) is 0 Å². The third-order valence-corrected chi connectivity index (χ3v) is 1.62. The van der Waals surface area contributed by atoms with E-state index in [0.29, 0.717) is 12.0 Å². The maximum atomic E-state index is 11.0. The first kappa shape index (κ1) is 9.67. The predicted molar refractivity (Wildman–Crippen MR) is 46.4 cm³/mol. The zero-order valence-electron chi connectivity index (χ0n) is 7.36. The first-order valence-electron chi connectivity index (χ1n) is 3.91. The minimum Gasteiger partial charge on any atom is -0.465 e. The molecule has 0 amide bonds. The van der Waals surface area contributed by atoms with Gasteiger partial charge in [-0.05, 0) is 18.1 Å². The Morgan fingerprint density at radius 1 is 1.62 bits per heavy atom. The van der Waals surface area contributed by atoms with Crippen molar-refractivity contribution in [2.45, 2.75) is 6.42 Å². The molecule has 0 fully saturated rings. The van der Waals surface area contributed by atoms with E-state index in [2.05, 4.69) is 9.72 Å². The SMILES string of the molecule is COC(=O)c1cncc(CCO)c1. The number of carbonyl (C=O) groups excluding carboxylic acids is 1. The molecule has 0 spiro atoms. The molecule has 1 N–H and O–H groups in total. The van der Waals surface area contributed by atoms with Crippen molar-refractivity contribution in [3.8, 4) is 0 Å². The smallest absolute Gasteiger partial charge is 0.339 e. The monoisotopic (exact) mass is 181 g/mol. The van der Waals surface area contributed by atoms with E-state index in [4.69, 9.17) is 5.11 Å². The molecule has 0 aliphatic rings. The van der Waals surface area contributed by atoms with E-state index < -0.39 is 5.97 Å². The number of rotatable bonds is 3. The van der Waals surface area contributed by atoms with Gasteiger partial charge in [0, 0.05) is 19.0 Å². The Morgan fingerprint density at radius 2 is 2.38 bits per heavy atom. The van der Waals surface area contributed by atoms with Crippen LogP contribution in [-0.2, 0) is 11.2 Å². The van der Waals surface area contributed by atoms with Gasteiger partial charge >= 0.3 is 5.97 Å². The van der Waals surface area contributed by atoms with E-state index in [9.17, 15) is 4.79 Å². The Kier molecular flexibility index (Phi) is 3.40. The topological polar surface area (TPSA) is 59.4 Å². The molecule has 0 bridgehead atoms. The van der Waals surface area contributed by atoms with Crippen LogP contribution in [0.2, 0.25) is 0 Å². The molecule has 4 nitrogen and oxygen atoms in total. The molecule has 1 aromatic rings. The van der Waals surface area contributed by atoms with Crippen LogP contribution in [0.15, 0.2) is 18.5 Å². The predicted octanol–water partition coefficient (Wildman–Crippen LogP) is 0.403. The molecule has 0 atom stereocenters. The fourth-order valence-electron chi connectivity index (χ4n) is 0.983. The number of aliphatic hydroxyl groups is 1. The number of ether oxygens (including phenoxy) is 1. The summed E-state index contributed by atoms with van der Waals surface area (Å²) < 4.78 is 4.53. The summed E-state index contributed by atoms with van der Waals surface area (Å²) in [6.45, 7) is 0.0479. The van der Waals surface area contributed by atoms with Crippen molar-refractivity contribution in [3.63, 3.8) is 0 Å². The van der Waals surface area contributed by atoms with Crippen molar-refractivity contribution < 1.29 is 14.6 Å². The summed E-state index contributed by atoms with van der Waals surface area (Å²) in [5.41, 5.74) is 1.24. The summed E-state index contributed by atoms with van der Waals surface area (Å²) in [5.74, 6) is -0.410. The highest BCUT2D eigenvalue weighted by Gasteiger charge is 2.05. The molecule has 0 saturated heterocycles. The number of nitrogens with zero attached hydrogens (tertiary/aromatic N) is 1. The summed E-state index contributed by atoms with van der Waals surface area (Å²) in [6.07, 6.45) is 3.55. The minimum absolute atomic E-state index is 0.0479. The Balaban J connectivity index is 2.85. The number of hydrogen-bond acceptors (Lipinski definition) is 4. The molecule has 1 heterocycles. The van der Waals surface area contributed by atoms with Gasteiger partial charge in [-0.25, -0.2) is 4.79 Å². The lowest BCUT2D eigenvalue weighted by Crippen LogP contribution is -2.03. The number of carbonyl (C=O) groups is 1. The number of hydrogen-bond donors (Lipinski definition) is 1. The maximum Gasteiger partial charge on any atom is 0.339 e. The zero-order chi connectivity index (χ0) is 9.68. The van der Waals surface area contributed by atoms with Gasteiger partial charge in [-0.1, -0.05) is 0 Å². The lowest BCUT2D eigenvalue weighted by molar-refractivity contribution is 0.0600. The van der Waals surface area contributed by atoms with E-state index in [1.165, 1.54) is 13.3 Å². The molecule has 0 radical (unpaired) electrons. The fourth-order valence-corrected chi connectivity index (χ4v) is 0.983. The van der Waals surface area contributed by atoms with Gasteiger partial charge < -0.3 is 9.84 Å². The van der Waals surface area contributed by atoms with Crippen LogP contribution >= 0.6 is 0 Å². The lowest BCUT2D eigenvalue weighted by Gasteiger charge is -2.00. The number of aromatic nitrogens is 1. The number of methoxy groups -OCH3 is 1. The summed E-state index contributed by atoms with van der Waals surface area (Å²) in [4.78, 5) is 14.9. The Morgan fingerprint density at radius 3 is 3.00 bits per heavy atom. The molecule has 1 rings (SSSR count). The van der Waals surface area contributed by atoms with Crippen molar-refractivity contribution in [2.24, 2.45) is 0 Å².